The molecule has 0 saturated carbocycles. The van der Waals surface area contributed by atoms with Crippen molar-refractivity contribution >= 4 is 11.8 Å². The van der Waals surface area contributed by atoms with Crippen LogP contribution in [0.4, 0.5) is 0 Å². The van der Waals surface area contributed by atoms with Gasteiger partial charge in [0.1, 0.15) is 0 Å². The summed E-state index contributed by atoms with van der Waals surface area (Å²) in [4.78, 5) is 30.9. The molecule has 27 heavy (non-hydrogen) atoms. The van der Waals surface area contributed by atoms with Crippen molar-refractivity contribution in [1.82, 2.24) is 14.7 Å². The minimum Gasteiger partial charge on any atom is -0.341 e. The lowest BCUT2D eigenvalue weighted by atomic mass is 9.85. The molecule has 0 N–H and O–H groups in total. The van der Waals surface area contributed by atoms with Crippen LogP contribution in [0.5, 0.6) is 0 Å². The molecule has 1 spiro atoms. The molecule has 3 aliphatic heterocycles. The Morgan fingerprint density at radius 2 is 1.70 bits per heavy atom. The Balaban J connectivity index is 1.24. The summed E-state index contributed by atoms with van der Waals surface area (Å²) in [6.45, 7) is 4.12. The average Bonchev–Trinajstić information content (AvgIpc) is 2.98. The highest BCUT2D eigenvalue weighted by molar-refractivity contribution is 5.80. The van der Waals surface area contributed by atoms with Crippen LogP contribution in [0.1, 0.15) is 50.0 Å². The van der Waals surface area contributed by atoms with Gasteiger partial charge in [0.15, 0.2) is 0 Å². The fourth-order valence-electron chi connectivity index (χ4n) is 5.14. The summed E-state index contributed by atoms with van der Waals surface area (Å²) in [5, 5.41) is 0. The molecule has 1 aromatic rings. The largest absolute Gasteiger partial charge is 0.341 e. The van der Waals surface area contributed by atoms with Gasteiger partial charge in [-0.2, -0.15) is 0 Å². The highest BCUT2D eigenvalue weighted by Crippen LogP contribution is 2.38. The topological polar surface area (TPSA) is 43.9 Å². The van der Waals surface area contributed by atoms with Gasteiger partial charge in [0.25, 0.3) is 0 Å². The van der Waals surface area contributed by atoms with Crippen LogP contribution < -0.4 is 0 Å². The maximum absolute atomic E-state index is 12.8. The number of hydrogen-bond donors (Lipinski definition) is 0. The molecular formula is C22H31N3O2. The SMILES string of the molecule is CN1C(=O)CCC12CCN(C(=O)CN1CCC(c3ccccc3)CC1)CC2. The lowest BCUT2D eigenvalue weighted by Gasteiger charge is -2.44. The Bertz CT molecular complexity index is 674. The van der Waals surface area contributed by atoms with Crippen LogP contribution in [0.15, 0.2) is 30.3 Å². The second-order valence-electron chi connectivity index (χ2n) is 8.52. The van der Waals surface area contributed by atoms with E-state index >= 15 is 0 Å². The number of likely N-dealkylation sites (tertiary alicyclic amines) is 3. The van der Waals surface area contributed by atoms with E-state index in [1.807, 2.05) is 16.8 Å². The molecule has 5 nitrogen and oxygen atoms in total. The molecule has 3 heterocycles. The Morgan fingerprint density at radius 3 is 2.30 bits per heavy atom. The first-order chi connectivity index (χ1) is 13.1. The summed E-state index contributed by atoms with van der Waals surface area (Å²) in [6.07, 6.45) is 5.74. The standard InChI is InChI=1S/C22H31N3O2/c1-23-20(26)7-10-22(23)11-15-25(16-12-22)21(27)17-24-13-8-19(9-14-24)18-5-3-2-4-6-18/h2-6,19H,7-17H2,1H3. The number of hydrogen-bond acceptors (Lipinski definition) is 3. The van der Waals surface area contributed by atoms with E-state index in [2.05, 4.69) is 35.2 Å². The van der Waals surface area contributed by atoms with Crippen LogP contribution in [-0.2, 0) is 9.59 Å². The molecule has 4 rings (SSSR count). The van der Waals surface area contributed by atoms with Crippen molar-refractivity contribution in [3.8, 4) is 0 Å². The summed E-state index contributed by atoms with van der Waals surface area (Å²) in [7, 11) is 1.93. The molecule has 3 aliphatic rings. The summed E-state index contributed by atoms with van der Waals surface area (Å²) in [6, 6.07) is 10.7. The number of benzene rings is 1. The molecule has 1 aromatic carbocycles. The number of piperidine rings is 2. The number of rotatable bonds is 3. The molecule has 0 radical (unpaired) electrons. The van der Waals surface area contributed by atoms with Gasteiger partial charge in [0.05, 0.1) is 6.54 Å². The molecule has 0 bridgehead atoms. The van der Waals surface area contributed by atoms with Crippen LogP contribution in [0.25, 0.3) is 0 Å². The number of amides is 2. The van der Waals surface area contributed by atoms with Crippen molar-refractivity contribution < 1.29 is 9.59 Å². The van der Waals surface area contributed by atoms with Crippen molar-refractivity contribution in [2.24, 2.45) is 0 Å². The summed E-state index contributed by atoms with van der Waals surface area (Å²) >= 11 is 0. The van der Waals surface area contributed by atoms with E-state index in [0.29, 0.717) is 18.9 Å². The van der Waals surface area contributed by atoms with Crippen molar-refractivity contribution in [3.05, 3.63) is 35.9 Å². The van der Waals surface area contributed by atoms with Crippen molar-refractivity contribution in [1.29, 1.82) is 0 Å². The number of carbonyl (C=O) groups is 2. The molecule has 3 fully saturated rings. The molecule has 5 heteroatoms. The first-order valence-electron chi connectivity index (χ1n) is 10.4. The fourth-order valence-corrected chi connectivity index (χ4v) is 5.14. The van der Waals surface area contributed by atoms with Crippen LogP contribution in [0, 0.1) is 0 Å². The van der Waals surface area contributed by atoms with E-state index in [0.717, 1.165) is 58.3 Å². The number of nitrogens with zero attached hydrogens (tertiary/aromatic N) is 3. The molecular weight excluding hydrogens is 338 g/mol. The van der Waals surface area contributed by atoms with Gasteiger partial charge >= 0.3 is 0 Å². The Hall–Kier alpha value is -1.88. The van der Waals surface area contributed by atoms with Gasteiger partial charge in [-0.05, 0) is 56.7 Å². The highest BCUT2D eigenvalue weighted by atomic mass is 16.2. The fraction of sp³-hybridized carbons (Fsp3) is 0.636. The molecule has 0 aromatic heterocycles. The third-order valence-corrected chi connectivity index (χ3v) is 7.15. The van der Waals surface area contributed by atoms with Crippen LogP contribution in [0.2, 0.25) is 0 Å². The Labute approximate surface area is 162 Å². The van der Waals surface area contributed by atoms with Gasteiger partial charge in [-0.15, -0.1) is 0 Å². The first kappa shape index (κ1) is 18.5. The van der Waals surface area contributed by atoms with E-state index in [1.54, 1.807) is 0 Å². The maximum Gasteiger partial charge on any atom is 0.236 e. The zero-order valence-electron chi connectivity index (χ0n) is 16.4. The second kappa shape index (κ2) is 7.63. The van der Waals surface area contributed by atoms with E-state index in [-0.39, 0.29) is 17.4 Å². The monoisotopic (exact) mass is 369 g/mol. The number of carbonyl (C=O) groups excluding carboxylic acids is 2. The Kier molecular flexibility index (Phi) is 5.22. The zero-order chi connectivity index (χ0) is 18.9. The Morgan fingerprint density at radius 1 is 1.04 bits per heavy atom. The molecule has 146 valence electrons. The van der Waals surface area contributed by atoms with Crippen molar-refractivity contribution in [2.45, 2.75) is 50.0 Å². The molecule has 0 aliphatic carbocycles. The summed E-state index contributed by atoms with van der Waals surface area (Å²) in [5.74, 6) is 1.15. The van der Waals surface area contributed by atoms with Crippen LogP contribution >= 0.6 is 0 Å². The van der Waals surface area contributed by atoms with E-state index in [9.17, 15) is 9.59 Å². The average molecular weight is 370 g/mol. The van der Waals surface area contributed by atoms with Crippen LogP contribution in [0.3, 0.4) is 0 Å². The van der Waals surface area contributed by atoms with Crippen molar-refractivity contribution in [2.75, 3.05) is 39.8 Å². The molecule has 0 atom stereocenters. The lowest BCUT2D eigenvalue weighted by Crippen LogP contribution is -2.54. The predicted octanol–water partition coefficient (Wildman–Crippen LogP) is 2.48. The van der Waals surface area contributed by atoms with Crippen LogP contribution in [-0.4, -0.2) is 71.8 Å². The third kappa shape index (κ3) is 3.75. The van der Waals surface area contributed by atoms with Gasteiger partial charge in [-0.25, -0.2) is 0 Å². The molecule has 2 amide bonds. The minimum atomic E-state index is 0.0158. The van der Waals surface area contributed by atoms with E-state index < -0.39 is 0 Å². The van der Waals surface area contributed by atoms with Gasteiger partial charge in [-0.1, -0.05) is 30.3 Å². The lowest BCUT2D eigenvalue weighted by molar-refractivity contribution is -0.136. The van der Waals surface area contributed by atoms with E-state index in [4.69, 9.17) is 0 Å². The molecule has 0 unspecified atom stereocenters. The molecule has 3 saturated heterocycles. The summed E-state index contributed by atoms with van der Waals surface area (Å²) in [5.41, 5.74) is 1.45. The van der Waals surface area contributed by atoms with Crippen molar-refractivity contribution in [3.63, 3.8) is 0 Å². The van der Waals surface area contributed by atoms with Gasteiger partial charge < -0.3 is 9.80 Å². The second-order valence-corrected chi connectivity index (χ2v) is 8.52. The normalized spacial score (nSPS) is 24.0. The van der Waals surface area contributed by atoms with Gasteiger partial charge in [-0.3, -0.25) is 14.5 Å². The maximum atomic E-state index is 12.8. The smallest absolute Gasteiger partial charge is 0.236 e. The van der Waals surface area contributed by atoms with Gasteiger partial charge in [0, 0.05) is 32.1 Å². The van der Waals surface area contributed by atoms with Gasteiger partial charge in [0.2, 0.25) is 11.8 Å². The summed E-state index contributed by atoms with van der Waals surface area (Å²) < 4.78 is 0. The minimum absolute atomic E-state index is 0.0158. The van der Waals surface area contributed by atoms with E-state index in [1.165, 1.54) is 5.56 Å². The zero-order valence-corrected chi connectivity index (χ0v) is 16.4. The third-order valence-electron chi connectivity index (χ3n) is 7.15. The predicted molar refractivity (Wildman–Crippen MR) is 105 cm³/mol. The quantitative estimate of drug-likeness (QED) is 0.822. The first-order valence-corrected chi connectivity index (χ1v) is 10.4. The highest BCUT2D eigenvalue weighted by Gasteiger charge is 2.45.